The zero-order valence-corrected chi connectivity index (χ0v) is 22.8. The Morgan fingerprint density at radius 2 is 1.80 bits per heavy atom. The molecule has 0 N–H and O–H groups in total. The van der Waals surface area contributed by atoms with Crippen LogP contribution in [-0.4, -0.2) is 73.1 Å². The molecule has 0 saturated carbocycles. The molecule has 1 amide bonds. The zero-order valence-electron chi connectivity index (χ0n) is 22.0. The summed E-state index contributed by atoms with van der Waals surface area (Å²) >= 11 is 1.30. The molecule has 0 spiro atoms. The normalized spacial score (nSPS) is 14.2. The number of pyridine rings is 2. The second-order valence-corrected chi connectivity index (χ2v) is 10.7. The maximum atomic E-state index is 12.7. The van der Waals surface area contributed by atoms with Gasteiger partial charge in [0.2, 0.25) is 5.89 Å². The van der Waals surface area contributed by atoms with E-state index in [9.17, 15) is 13.6 Å². The Bertz CT molecular complexity index is 1450. The number of nitrogens with zero attached hydrogens (tertiary/aromatic N) is 8. The molecular weight excluding hydrogens is 546 g/mol. The van der Waals surface area contributed by atoms with Gasteiger partial charge in [-0.15, -0.1) is 20.4 Å². The van der Waals surface area contributed by atoms with Crippen LogP contribution in [0.25, 0.3) is 23.0 Å². The summed E-state index contributed by atoms with van der Waals surface area (Å²) in [4.78, 5) is 25.1. The molecule has 40 heavy (non-hydrogen) atoms. The number of amides is 1. The Morgan fingerprint density at radius 1 is 1.02 bits per heavy atom. The van der Waals surface area contributed by atoms with Crippen molar-refractivity contribution in [3.05, 3.63) is 48.1 Å². The fourth-order valence-corrected chi connectivity index (χ4v) is 4.42. The van der Waals surface area contributed by atoms with Gasteiger partial charge in [0.05, 0.1) is 11.3 Å². The minimum Gasteiger partial charge on any atom is -0.444 e. The van der Waals surface area contributed by atoms with Crippen molar-refractivity contribution in [2.75, 3.05) is 31.1 Å². The fraction of sp³-hybridized carbons (Fsp3) is 0.400. The largest absolute Gasteiger partial charge is 0.444 e. The monoisotopic (exact) mass is 572 g/mol. The minimum atomic E-state index is -2.83. The van der Waals surface area contributed by atoms with Gasteiger partial charge in [-0.2, -0.15) is 8.78 Å². The molecule has 0 aliphatic carbocycles. The molecule has 210 valence electrons. The van der Waals surface area contributed by atoms with E-state index in [4.69, 9.17) is 13.6 Å². The van der Waals surface area contributed by atoms with E-state index >= 15 is 0 Å². The highest BCUT2D eigenvalue weighted by Gasteiger charge is 2.26. The van der Waals surface area contributed by atoms with Crippen LogP contribution in [-0.2, 0) is 10.5 Å². The lowest BCUT2D eigenvalue weighted by Crippen LogP contribution is -2.50. The number of ether oxygens (including phenoxy) is 1. The summed E-state index contributed by atoms with van der Waals surface area (Å²) in [6.07, 6.45) is -1.67. The summed E-state index contributed by atoms with van der Waals surface area (Å²) in [5.74, 6) is 0.709. The van der Waals surface area contributed by atoms with E-state index in [1.807, 2.05) is 32.9 Å². The molecule has 4 aromatic rings. The molecule has 15 heteroatoms. The van der Waals surface area contributed by atoms with E-state index in [0.29, 0.717) is 54.1 Å². The van der Waals surface area contributed by atoms with Crippen molar-refractivity contribution in [1.82, 2.24) is 35.3 Å². The first-order valence-corrected chi connectivity index (χ1v) is 13.4. The molecule has 4 aromatic heterocycles. The lowest BCUT2D eigenvalue weighted by atomic mass is 10.2. The average molecular weight is 573 g/mol. The molecule has 0 aromatic carbocycles. The van der Waals surface area contributed by atoms with Gasteiger partial charge in [0.15, 0.2) is 0 Å². The molecule has 12 nitrogen and oxygen atoms in total. The molecule has 1 aliphatic heterocycles. The Labute approximate surface area is 232 Å². The summed E-state index contributed by atoms with van der Waals surface area (Å²) in [5.41, 5.74) is 1.14. The molecule has 0 bridgehead atoms. The van der Waals surface area contributed by atoms with Gasteiger partial charge >= 0.3 is 12.5 Å². The second-order valence-electron chi connectivity index (χ2n) is 9.78. The smallest absolute Gasteiger partial charge is 0.410 e. The van der Waals surface area contributed by atoms with Crippen molar-refractivity contribution in [1.29, 1.82) is 0 Å². The number of carbonyl (C=O) groups excluding carboxylic acids is 1. The van der Waals surface area contributed by atoms with E-state index in [1.54, 1.807) is 23.1 Å². The second kappa shape index (κ2) is 11.5. The highest BCUT2D eigenvalue weighted by atomic mass is 32.2. The maximum Gasteiger partial charge on any atom is 0.410 e. The summed E-state index contributed by atoms with van der Waals surface area (Å²) in [6, 6.07) is 8.94. The van der Waals surface area contributed by atoms with E-state index in [0.717, 1.165) is 5.82 Å². The average Bonchev–Trinajstić information content (AvgIpc) is 3.62. The lowest BCUT2D eigenvalue weighted by molar-refractivity contribution is 0.0240. The van der Waals surface area contributed by atoms with Crippen LogP contribution >= 0.6 is 11.8 Å². The predicted octanol–water partition coefficient (Wildman–Crippen LogP) is 4.86. The molecular formula is C25H26F2N8O4S. The predicted molar refractivity (Wildman–Crippen MR) is 140 cm³/mol. The van der Waals surface area contributed by atoms with Gasteiger partial charge in [-0.1, -0.05) is 17.8 Å². The van der Waals surface area contributed by atoms with Crippen molar-refractivity contribution >= 4 is 23.7 Å². The third kappa shape index (κ3) is 6.70. The Kier molecular flexibility index (Phi) is 7.91. The van der Waals surface area contributed by atoms with Gasteiger partial charge in [-0.25, -0.2) is 9.78 Å². The van der Waals surface area contributed by atoms with Gasteiger partial charge in [-0.3, -0.25) is 4.98 Å². The highest BCUT2D eigenvalue weighted by Crippen LogP contribution is 2.27. The van der Waals surface area contributed by atoms with Gasteiger partial charge in [-0.05, 0) is 45.0 Å². The highest BCUT2D eigenvalue weighted by molar-refractivity contribution is 7.98. The third-order valence-corrected chi connectivity index (χ3v) is 6.51. The molecule has 5 heterocycles. The summed E-state index contributed by atoms with van der Waals surface area (Å²) in [5, 5.41) is 15.5. The van der Waals surface area contributed by atoms with Crippen molar-refractivity contribution in [3.8, 4) is 23.0 Å². The SMILES string of the molecule is CC(C)(C)OC(=O)N1CCN(c2cccc(-c3nnc(SCc4ccc(-c5nnc(C(F)F)o5)cn4)o3)n2)CC1. The zero-order chi connectivity index (χ0) is 28.3. The first-order valence-electron chi connectivity index (χ1n) is 12.4. The molecule has 0 atom stereocenters. The van der Waals surface area contributed by atoms with Crippen LogP contribution in [0.5, 0.6) is 0 Å². The first-order chi connectivity index (χ1) is 19.1. The van der Waals surface area contributed by atoms with Crippen molar-refractivity contribution in [2.24, 2.45) is 0 Å². The standard InChI is InChI=1S/C25H26F2N8O4S/c1-25(2,3)39-24(36)35-11-9-34(10-12-35)18-6-4-5-17(29-18)21-31-33-23(38-21)40-14-16-8-7-15(13-28-16)20-30-32-22(37-20)19(26)27/h4-8,13,19H,9-12,14H2,1-3H3. The number of piperazine rings is 1. The Morgan fingerprint density at radius 3 is 2.48 bits per heavy atom. The number of anilines is 1. The number of carbonyl (C=O) groups is 1. The third-order valence-electron chi connectivity index (χ3n) is 5.66. The number of hydrogen-bond acceptors (Lipinski definition) is 12. The van der Waals surface area contributed by atoms with E-state index in [2.05, 4.69) is 35.3 Å². The van der Waals surface area contributed by atoms with Crippen molar-refractivity contribution in [3.63, 3.8) is 0 Å². The molecule has 1 aliphatic rings. The first kappa shape index (κ1) is 27.4. The van der Waals surface area contributed by atoms with Crippen LogP contribution in [0, 0.1) is 0 Å². The van der Waals surface area contributed by atoms with Crippen LogP contribution in [0.4, 0.5) is 19.4 Å². The van der Waals surface area contributed by atoms with Crippen molar-refractivity contribution < 1.29 is 27.1 Å². The number of thioether (sulfide) groups is 1. The van der Waals surface area contributed by atoms with Crippen molar-refractivity contribution in [2.45, 2.75) is 43.8 Å². The summed E-state index contributed by atoms with van der Waals surface area (Å²) in [6.45, 7) is 7.84. The number of halogens is 2. The fourth-order valence-electron chi connectivity index (χ4n) is 3.75. The van der Waals surface area contributed by atoms with Crippen LogP contribution < -0.4 is 4.90 Å². The van der Waals surface area contributed by atoms with Crippen LogP contribution in [0.15, 0.2) is 50.6 Å². The number of alkyl halides is 2. The number of rotatable bonds is 7. The molecule has 0 unspecified atom stereocenters. The number of aromatic nitrogens is 6. The minimum absolute atomic E-state index is 0.0248. The Balaban J connectivity index is 1.16. The lowest BCUT2D eigenvalue weighted by Gasteiger charge is -2.36. The van der Waals surface area contributed by atoms with Gasteiger partial charge in [0, 0.05) is 38.1 Å². The van der Waals surface area contributed by atoms with E-state index < -0.39 is 17.9 Å². The Hall–Kier alpha value is -4.14. The maximum absolute atomic E-state index is 12.7. The van der Waals surface area contributed by atoms with Crippen LogP contribution in [0.1, 0.15) is 38.8 Å². The summed E-state index contributed by atoms with van der Waals surface area (Å²) < 4.78 is 41.5. The van der Waals surface area contributed by atoms with E-state index in [1.165, 1.54) is 18.0 Å². The molecule has 5 rings (SSSR count). The van der Waals surface area contributed by atoms with E-state index in [-0.39, 0.29) is 17.9 Å². The topological polar surface area (TPSA) is 136 Å². The number of hydrogen-bond donors (Lipinski definition) is 0. The van der Waals surface area contributed by atoms with Gasteiger partial charge in [0.25, 0.3) is 17.0 Å². The van der Waals surface area contributed by atoms with Gasteiger partial charge < -0.3 is 23.4 Å². The molecule has 0 radical (unpaired) electrons. The molecule has 1 saturated heterocycles. The van der Waals surface area contributed by atoms with Crippen LogP contribution in [0.3, 0.4) is 0 Å². The van der Waals surface area contributed by atoms with Gasteiger partial charge in [0.1, 0.15) is 17.1 Å². The summed E-state index contributed by atoms with van der Waals surface area (Å²) in [7, 11) is 0. The van der Waals surface area contributed by atoms with Crippen LogP contribution in [0.2, 0.25) is 0 Å². The molecule has 1 fully saturated rings. The quantitative estimate of drug-likeness (QED) is 0.280.